The molecule has 2 aromatic rings. The third-order valence-electron chi connectivity index (χ3n) is 6.23. The maximum atomic E-state index is 12.9. The van der Waals surface area contributed by atoms with E-state index in [0.717, 1.165) is 36.4 Å². The van der Waals surface area contributed by atoms with Crippen molar-refractivity contribution in [2.45, 2.75) is 25.7 Å². The molecule has 2 atom stereocenters. The van der Waals surface area contributed by atoms with Crippen molar-refractivity contribution >= 4 is 17.6 Å². The number of aliphatic carboxylic acids is 1. The second-order valence-electron chi connectivity index (χ2n) is 8.32. The molecule has 3 rings (SSSR count). The zero-order valence-corrected chi connectivity index (χ0v) is 18.4. The van der Waals surface area contributed by atoms with Gasteiger partial charge in [-0.15, -0.1) is 0 Å². The van der Waals surface area contributed by atoms with E-state index >= 15 is 0 Å². The minimum atomic E-state index is -0.760. The number of ether oxygens (including phenoxy) is 1. The largest absolute Gasteiger partial charge is 0.497 e. The van der Waals surface area contributed by atoms with Crippen molar-refractivity contribution < 1.29 is 19.4 Å². The van der Waals surface area contributed by atoms with Gasteiger partial charge < -0.3 is 19.6 Å². The van der Waals surface area contributed by atoms with Gasteiger partial charge in [0.1, 0.15) is 5.75 Å². The molecule has 1 fully saturated rings. The van der Waals surface area contributed by atoms with E-state index in [4.69, 9.17) is 4.74 Å². The average Bonchev–Trinajstić information content (AvgIpc) is 2.78. The second-order valence-corrected chi connectivity index (χ2v) is 8.32. The number of hydrogen-bond donors (Lipinski definition) is 1. The summed E-state index contributed by atoms with van der Waals surface area (Å²) in [5.41, 5.74) is 2.10. The zero-order chi connectivity index (χ0) is 22.2. The molecule has 1 aliphatic heterocycles. The lowest BCUT2D eigenvalue weighted by Gasteiger charge is -2.39. The molecule has 1 N–H and O–H groups in total. The maximum Gasteiger partial charge on any atom is 0.303 e. The number of carbonyl (C=O) groups is 2. The fraction of sp³-hybridized carbons (Fsp3) is 0.440. The van der Waals surface area contributed by atoms with E-state index in [-0.39, 0.29) is 24.2 Å². The lowest BCUT2D eigenvalue weighted by Crippen LogP contribution is -2.45. The molecule has 2 aromatic carbocycles. The monoisotopic (exact) mass is 424 g/mol. The van der Waals surface area contributed by atoms with E-state index < -0.39 is 5.97 Å². The first-order valence-corrected chi connectivity index (χ1v) is 10.8. The number of anilines is 1. The Balaban J connectivity index is 1.61. The van der Waals surface area contributed by atoms with Crippen LogP contribution in [0.3, 0.4) is 0 Å². The number of methoxy groups -OCH3 is 1. The minimum Gasteiger partial charge on any atom is -0.497 e. The molecule has 0 aromatic heterocycles. The summed E-state index contributed by atoms with van der Waals surface area (Å²) in [7, 11) is 3.67. The third-order valence-corrected chi connectivity index (χ3v) is 6.23. The summed E-state index contributed by atoms with van der Waals surface area (Å²) in [5.74, 6) is 0.389. The Morgan fingerprint density at radius 2 is 1.81 bits per heavy atom. The van der Waals surface area contributed by atoms with Crippen LogP contribution in [0.2, 0.25) is 0 Å². The molecule has 6 heteroatoms. The van der Waals surface area contributed by atoms with Gasteiger partial charge in [-0.25, -0.2) is 0 Å². The van der Waals surface area contributed by atoms with Crippen LogP contribution in [0.1, 0.15) is 24.8 Å². The Morgan fingerprint density at radius 1 is 1.10 bits per heavy atom. The minimum absolute atomic E-state index is 0.0976. The van der Waals surface area contributed by atoms with Crippen molar-refractivity contribution in [2.75, 3.05) is 38.7 Å². The Kier molecular flexibility index (Phi) is 7.93. The van der Waals surface area contributed by atoms with Gasteiger partial charge >= 0.3 is 5.97 Å². The molecule has 0 aliphatic carbocycles. The number of rotatable bonds is 9. The van der Waals surface area contributed by atoms with Crippen molar-refractivity contribution in [1.29, 1.82) is 0 Å². The number of para-hydroxylation sites is 1. The maximum absolute atomic E-state index is 12.9. The fourth-order valence-electron chi connectivity index (χ4n) is 4.33. The van der Waals surface area contributed by atoms with Gasteiger partial charge in [0, 0.05) is 38.8 Å². The number of benzene rings is 2. The highest BCUT2D eigenvalue weighted by Gasteiger charge is 2.32. The molecule has 1 aliphatic rings. The van der Waals surface area contributed by atoms with Crippen LogP contribution in [0.15, 0.2) is 54.6 Å². The summed E-state index contributed by atoms with van der Waals surface area (Å²) < 4.78 is 5.18. The molecular weight excluding hydrogens is 392 g/mol. The van der Waals surface area contributed by atoms with E-state index in [9.17, 15) is 14.7 Å². The molecule has 0 bridgehead atoms. The van der Waals surface area contributed by atoms with Crippen LogP contribution in [0.25, 0.3) is 0 Å². The Morgan fingerprint density at radius 3 is 2.45 bits per heavy atom. The highest BCUT2D eigenvalue weighted by atomic mass is 16.5. The first-order valence-electron chi connectivity index (χ1n) is 10.8. The van der Waals surface area contributed by atoms with E-state index in [1.807, 2.05) is 47.4 Å². The van der Waals surface area contributed by atoms with Crippen LogP contribution in [0.5, 0.6) is 5.75 Å². The summed E-state index contributed by atoms with van der Waals surface area (Å²) in [6.45, 7) is 2.07. The third kappa shape index (κ3) is 6.48. The molecule has 0 spiro atoms. The van der Waals surface area contributed by atoms with E-state index in [2.05, 4.69) is 24.1 Å². The molecule has 2 unspecified atom stereocenters. The number of hydrogen-bond acceptors (Lipinski definition) is 4. The molecule has 1 heterocycles. The van der Waals surface area contributed by atoms with Gasteiger partial charge in [0.25, 0.3) is 0 Å². The summed E-state index contributed by atoms with van der Waals surface area (Å²) in [4.78, 5) is 28.4. The normalized spacial score (nSPS) is 18.5. The predicted molar refractivity (Wildman–Crippen MR) is 121 cm³/mol. The molecule has 6 nitrogen and oxygen atoms in total. The van der Waals surface area contributed by atoms with E-state index in [0.29, 0.717) is 19.5 Å². The van der Waals surface area contributed by atoms with Crippen LogP contribution < -0.4 is 9.64 Å². The van der Waals surface area contributed by atoms with Crippen molar-refractivity contribution in [3.63, 3.8) is 0 Å². The predicted octanol–water partition coefficient (Wildman–Crippen LogP) is 3.70. The molecule has 0 radical (unpaired) electrons. The zero-order valence-electron chi connectivity index (χ0n) is 18.4. The summed E-state index contributed by atoms with van der Waals surface area (Å²) in [6, 6.07) is 17.7. The smallest absolute Gasteiger partial charge is 0.303 e. The van der Waals surface area contributed by atoms with Crippen molar-refractivity contribution in [3.8, 4) is 5.75 Å². The topological polar surface area (TPSA) is 70.1 Å². The molecule has 1 saturated heterocycles. The van der Waals surface area contributed by atoms with E-state index in [1.165, 1.54) is 0 Å². The van der Waals surface area contributed by atoms with Crippen LogP contribution >= 0.6 is 0 Å². The first kappa shape index (κ1) is 22.7. The molecular formula is C25H32N2O4. The van der Waals surface area contributed by atoms with Gasteiger partial charge in [0.05, 0.1) is 13.5 Å². The Bertz CT molecular complexity index is 854. The lowest BCUT2D eigenvalue weighted by atomic mass is 9.81. The van der Waals surface area contributed by atoms with Gasteiger partial charge in [0.15, 0.2) is 0 Å². The highest BCUT2D eigenvalue weighted by molar-refractivity contribution is 5.79. The highest BCUT2D eigenvalue weighted by Crippen LogP contribution is 2.30. The van der Waals surface area contributed by atoms with Gasteiger partial charge in [-0.1, -0.05) is 30.3 Å². The number of nitrogens with zero attached hydrogens (tertiary/aromatic N) is 2. The summed E-state index contributed by atoms with van der Waals surface area (Å²) >= 11 is 0. The van der Waals surface area contributed by atoms with Crippen LogP contribution in [0, 0.1) is 11.8 Å². The number of amides is 1. The van der Waals surface area contributed by atoms with E-state index in [1.54, 1.807) is 7.11 Å². The van der Waals surface area contributed by atoms with Crippen LogP contribution in [0.4, 0.5) is 5.69 Å². The Hall–Kier alpha value is -3.02. The van der Waals surface area contributed by atoms with Gasteiger partial charge in [-0.05, 0) is 54.5 Å². The van der Waals surface area contributed by atoms with Crippen molar-refractivity contribution in [2.24, 2.45) is 11.8 Å². The standard InChI is InChI=1S/C25H32N2O4/c1-26(22-6-4-3-5-7-22)14-12-21-18-27(15-13-20(21)17-25(29)30)24(28)16-19-8-10-23(31-2)11-9-19/h3-11,20-21H,12-18H2,1-2H3,(H,29,30). The molecule has 166 valence electrons. The van der Waals surface area contributed by atoms with Gasteiger partial charge in [0.2, 0.25) is 5.91 Å². The van der Waals surface area contributed by atoms with Crippen LogP contribution in [-0.4, -0.2) is 55.7 Å². The second kappa shape index (κ2) is 10.8. The summed E-state index contributed by atoms with van der Waals surface area (Å²) in [6.07, 6.45) is 2.11. The number of piperidine rings is 1. The SMILES string of the molecule is COc1ccc(CC(=O)N2CCC(CC(=O)O)C(CCN(C)c3ccccc3)C2)cc1. The lowest BCUT2D eigenvalue weighted by molar-refractivity contribution is -0.139. The quantitative estimate of drug-likeness (QED) is 0.665. The van der Waals surface area contributed by atoms with Gasteiger partial charge in [-0.2, -0.15) is 0 Å². The van der Waals surface area contributed by atoms with Crippen molar-refractivity contribution in [3.05, 3.63) is 60.2 Å². The molecule has 1 amide bonds. The average molecular weight is 425 g/mol. The number of carboxylic acid groups (broad SMARTS) is 1. The number of likely N-dealkylation sites (tertiary alicyclic amines) is 1. The number of carboxylic acids is 1. The summed E-state index contributed by atoms with van der Waals surface area (Å²) in [5, 5.41) is 9.35. The number of carbonyl (C=O) groups excluding carboxylic acids is 1. The first-order chi connectivity index (χ1) is 15.0. The van der Waals surface area contributed by atoms with Crippen LogP contribution in [-0.2, 0) is 16.0 Å². The van der Waals surface area contributed by atoms with Crippen molar-refractivity contribution in [1.82, 2.24) is 4.90 Å². The molecule has 31 heavy (non-hydrogen) atoms. The molecule has 0 saturated carbocycles. The Labute approximate surface area is 184 Å². The fourth-order valence-corrected chi connectivity index (χ4v) is 4.33. The van der Waals surface area contributed by atoms with Gasteiger partial charge in [-0.3, -0.25) is 9.59 Å².